The van der Waals surface area contributed by atoms with Gasteiger partial charge in [0.05, 0.1) is 16.5 Å². The highest BCUT2D eigenvalue weighted by Crippen LogP contribution is 2.30. The number of aromatic nitrogens is 3. The third-order valence-corrected chi connectivity index (χ3v) is 7.72. The smallest absolute Gasteiger partial charge is 0.256 e. The molecule has 0 amide bonds. The van der Waals surface area contributed by atoms with Crippen LogP contribution in [0.2, 0.25) is 5.15 Å². The van der Waals surface area contributed by atoms with Crippen molar-refractivity contribution in [1.29, 1.82) is 0 Å². The summed E-state index contributed by atoms with van der Waals surface area (Å²) in [7, 11) is -8.66. The van der Waals surface area contributed by atoms with Gasteiger partial charge < -0.3 is 4.52 Å². The Morgan fingerprint density at radius 3 is 2.65 bits per heavy atom. The van der Waals surface area contributed by atoms with Crippen molar-refractivity contribution in [2.75, 3.05) is 0 Å². The van der Waals surface area contributed by atoms with Crippen LogP contribution in [0.15, 0.2) is 44.9 Å². The standard InChI is InChI=1S/C14H13ClN4O5S2/c15-14-12-5-10(3-4-13(12)24-17-14)25(20,21)18-26(22,23)11-6-16-19(8-11)7-9-1-2-9/h3-6,8-9,18H,1-2,7H2. The lowest BCUT2D eigenvalue weighted by Gasteiger charge is -2.06. The van der Waals surface area contributed by atoms with Crippen LogP contribution in [-0.4, -0.2) is 31.8 Å². The van der Waals surface area contributed by atoms with E-state index in [-0.39, 0.29) is 25.9 Å². The van der Waals surface area contributed by atoms with E-state index in [0.29, 0.717) is 12.5 Å². The van der Waals surface area contributed by atoms with E-state index in [1.54, 1.807) is 4.13 Å². The van der Waals surface area contributed by atoms with Gasteiger partial charge >= 0.3 is 0 Å². The lowest BCUT2D eigenvalue weighted by molar-refractivity contribution is 0.457. The topological polar surface area (TPSA) is 124 Å². The van der Waals surface area contributed by atoms with E-state index in [1.165, 1.54) is 29.1 Å². The third kappa shape index (κ3) is 3.34. The Morgan fingerprint density at radius 2 is 1.92 bits per heavy atom. The van der Waals surface area contributed by atoms with Gasteiger partial charge in [-0.3, -0.25) is 4.68 Å². The zero-order valence-corrected chi connectivity index (χ0v) is 15.6. The number of nitrogens with zero attached hydrogens (tertiary/aromatic N) is 3. The molecular formula is C14H13ClN4O5S2. The molecule has 4 rings (SSSR count). The van der Waals surface area contributed by atoms with E-state index in [4.69, 9.17) is 16.1 Å². The molecule has 0 atom stereocenters. The predicted octanol–water partition coefficient (Wildman–Crippen LogP) is 1.75. The number of nitrogens with one attached hydrogen (secondary N) is 1. The number of rotatable bonds is 6. The predicted molar refractivity (Wildman–Crippen MR) is 91.5 cm³/mol. The Balaban J connectivity index is 1.62. The Hall–Kier alpha value is -1.95. The monoisotopic (exact) mass is 416 g/mol. The average Bonchev–Trinajstić information content (AvgIpc) is 3.11. The normalized spacial score (nSPS) is 15.6. The second kappa shape index (κ2) is 6.05. The van der Waals surface area contributed by atoms with Crippen molar-refractivity contribution in [2.24, 2.45) is 5.92 Å². The summed E-state index contributed by atoms with van der Waals surface area (Å²) in [5, 5.41) is 7.75. The molecule has 0 radical (unpaired) electrons. The molecule has 9 nitrogen and oxygen atoms in total. The maximum atomic E-state index is 12.5. The molecule has 0 bridgehead atoms. The van der Waals surface area contributed by atoms with Crippen molar-refractivity contribution >= 4 is 42.6 Å². The van der Waals surface area contributed by atoms with Gasteiger partial charge in [-0.2, -0.15) is 5.10 Å². The van der Waals surface area contributed by atoms with Crippen LogP contribution in [0.5, 0.6) is 0 Å². The lowest BCUT2D eigenvalue weighted by Crippen LogP contribution is -2.30. The lowest BCUT2D eigenvalue weighted by atomic mass is 10.3. The number of sulfonamides is 2. The zero-order chi connectivity index (χ0) is 18.5. The minimum Gasteiger partial charge on any atom is -0.355 e. The molecule has 1 aliphatic carbocycles. The molecule has 0 spiro atoms. The van der Waals surface area contributed by atoms with E-state index in [2.05, 4.69) is 10.3 Å². The first kappa shape index (κ1) is 17.5. The average molecular weight is 417 g/mol. The van der Waals surface area contributed by atoms with E-state index in [0.717, 1.165) is 19.0 Å². The molecule has 1 N–H and O–H groups in total. The molecule has 12 heteroatoms. The quantitative estimate of drug-likeness (QED) is 0.649. The summed E-state index contributed by atoms with van der Waals surface area (Å²) in [6.07, 6.45) is 4.61. The van der Waals surface area contributed by atoms with Crippen molar-refractivity contribution in [1.82, 2.24) is 19.1 Å². The summed E-state index contributed by atoms with van der Waals surface area (Å²) in [4.78, 5) is -0.491. The van der Waals surface area contributed by atoms with Gasteiger partial charge in [0.25, 0.3) is 20.0 Å². The molecule has 0 unspecified atom stereocenters. The summed E-state index contributed by atoms with van der Waals surface area (Å²) >= 11 is 5.82. The van der Waals surface area contributed by atoms with E-state index >= 15 is 0 Å². The molecule has 3 aromatic rings. The molecular weight excluding hydrogens is 404 g/mol. The van der Waals surface area contributed by atoms with Gasteiger partial charge in [-0.1, -0.05) is 16.8 Å². The Kier molecular flexibility index (Phi) is 4.06. The van der Waals surface area contributed by atoms with Crippen LogP contribution < -0.4 is 4.13 Å². The van der Waals surface area contributed by atoms with E-state index in [9.17, 15) is 16.8 Å². The van der Waals surface area contributed by atoms with Crippen LogP contribution in [0.4, 0.5) is 0 Å². The molecule has 26 heavy (non-hydrogen) atoms. The second-order valence-electron chi connectivity index (χ2n) is 6.06. The summed E-state index contributed by atoms with van der Waals surface area (Å²) < 4.78 is 57.9. The minimum atomic E-state index is -4.36. The molecule has 0 saturated heterocycles. The van der Waals surface area contributed by atoms with Gasteiger partial charge in [0.15, 0.2) is 10.7 Å². The van der Waals surface area contributed by atoms with Crippen LogP contribution in [-0.2, 0) is 26.6 Å². The van der Waals surface area contributed by atoms with Gasteiger partial charge in [0, 0.05) is 12.7 Å². The van der Waals surface area contributed by atoms with Crippen LogP contribution in [0.25, 0.3) is 11.0 Å². The first-order valence-electron chi connectivity index (χ1n) is 7.61. The fourth-order valence-corrected chi connectivity index (χ4v) is 5.52. The van der Waals surface area contributed by atoms with Crippen LogP contribution in [0, 0.1) is 5.92 Å². The van der Waals surface area contributed by atoms with Crippen molar-refractivity contribution in [2.45, 2.75) is 29.2 Å². The first-order chi connectivity index (χ1) is 12.2. The summed E-state index contributed by atoms with van der Waals surface area (Å²) in [5.74, 6) is 0.502. The van der Waals surface area contributed by atoms with Gasteiger partial charge in [-0.25, -0.2) is 16.8 Å². The first-order valence-corrected chi connectivity index (χ1v) is 10.9. The molecule has 138 valence electrons. The highest BCUT2D eigenvalue weighted by molar-refractivity contribution is 8.04. The molecule has 2 aromatic heterocycles. The van der Waals surface area contributed by atoms with E-state index < -0.39 is 20.0 Å². The minimum absolute atomic E-state index is 0.0127. The fraction of sp³-hybridized carbons (Fsp3) is 0.286. The Labute approximate surface area is 154 Å². The molecule has 1 fully saturated rings. The maximum absolute atomic E-state index is 12.5. The third-order valence-electron chi connectivity index (χ3n) is 3.99. The molecule has 2 heterocycles. The zero-order valence-electron chi connectivity index (χ0n) is 13.2. The van der Waals surface area contributed by atoms with Crippen molar-refractivity contribution in [3.8, 4) is 0 Å². The van der Waals surface area contributed by atoms with Crippen molar-refractivity contribution < 1.29 is 21.4 Å². The highest BCUT2D eigenvalue weighted by atomic mass is 35.5. The fourth-order valence-electron chi connectivity index (χ4n) is 2.44. The van der Waals surface area contributed by atoms with Crippen LogP contribution >= 0.6 is 11.6 Å². The van der Waals surface area contributed by atoms with Gasteiger partial charge in [-0.15, -0.1) is 4.13 Å². The number of halogens is 1. The van der Waals surface area contributed by atoms with Crippen molar-refractivity contribution in [3.05, 3.63) is 35.7 Å². The van der Waals surface area contributed by atoms with Crippen LogP contribution in [0.1, 0.15) is 12.8 Å². The van der Waals surface area contributed by atoms with Crippen molar-refractivity contribution in [3.63, 3.8) is 0 Å². The van der Waals surface area contributed by atoms with Gasteiger partial charge in [-0.05, 0) is 37.0 Å². The molecule has 1 saturated carbocycles. The molecule has 1 aliphatic rings. The number of benzene rings is 1. The highest BCUT2D eigenvalue weighted by Gasteiger charge is 2.28. The van der Waals surface area contributed by atoms with E-state index in [1.807, 2.05) is 0 Å². The Morgan fingerprint density at radius 1 is 1.19 bits per heavy atom. The SMILES string of the molecule is O=S(=O)(NS(=O)(=O)c1cnn(CC2CC2)c1)c1ccc2onc(Cl)c2c1. The van der Waals surface area contributed by atoms with Crippen LogP contribution in [0.3, 0.4) is 0 Å². The largest absolute Gasteiger partial charge is 0.355 e. The second-order valence-corrected chi connectivity index (χ2v) is 10.0. The number of hydrogen-bond acceptors (Lipinski definition) is 7. The maximum Gasteiger partial charge on any atom is 0.256 e. The van der Waals surface area contributed by atoms with Gasteiger partial charge in [0.1, 0.15) is 4.90 Å². The van der Waals surface area contributed by atoms with Gasteiger partial charge in [0.2, 0.25) is 0 Å². The molecule has 1 aromatic carbocycles. The summed E-state index contributed by atoms with van der Waals surface area (Å²) in [5.41, 5.74) is 0.290. The number of hydrogen-bond donors (Lipinski definition) is 1. The Bertz CT molecular complexity index is 1200. The summed E-state index contributed by atoms with van der Waals surface area (Å²) in [6, 6.07) is 3.75. The molecule has 0 aliphatic heterocycles. The number of fused-ring (bicyclic) bond motifs is 1. The summed E-state index contributed by atoms with van der Waals surface area (Å²) in [6.45, 7) is 0.616.